The van der Waals surface area contributed by atoms with Crippen molar-refractivity contribution in [3.63, 3.8) is 0 Å². The van der Waals surface area contributed by atoms with E-state index >= 15 is 0 Å². The van der Waals surface area contributed by atoms with Crippen molar-refractivity contribution in [3.05, 3.63) is 59.9 Å². The van der Waals surface area contributed by atoms with E-state index in [-0.39, 0.29) is 6.04 Å². The zero-order valence-electron chi connectivity index (χ0n) is 14.0. The van der Waals surface area contributed by atoms with Gasteiger partial charge in [0.05, 0.1) is 13.2 Å². The molecule has 1 aromatic heterocycles. The number of methoxy groups -OCH3 is 1. The van der Waals surface area contributed by atoms with Crippen molar-refractivity contribution in [2.45, 2.75) is 24.4 Å². The molecular weight excluding hydrogens is 322 g/mol. The van der Waals surface area contributed by atoms with Crippen molar-refractivity contribution in [3.8, 4) is 5.75 Å². The molecule has 1 N–H and O–H groups in total. The highest BCUT2D eigenvalue weighted by molar-refractivity contribution is 7.84. The maximum absolute atomic E-state index is 11.4. The van der Waals surface area contributed by atoms with Crippen LogP contribution in [0.1, 0.15) is 24.3 Å². The van der Waals surface area contributed by atoms with Crippen LogP contribution < -0.4 is 10.1 Å². The first-order valence-corrected chi connectivity index (χ1v) is 9.36. The maximum atomic E-state index is 11.4. The lowest BCUT2D eigenvalue weighted by atomic mass is 10.2. The first-order valence-electron chi connectivity index (χ1n) is 7.80. The number of fused-ring (bicyclic) bond motifs is 1. The summed E-state index contributed by atoms with van der Waals surface area (Å²) in [4.78, 5) is 0.844. The van der Waals surface area contributed by atoms with Gasteiger partial charge >= 0.3 is 0 Å². The third-order valence-electron chi connectivity index (χ3n) is 4.04. The van der Waals surface area contributed by atoms with E-state index in [1.807, 2.05) is 48.5 Å². The van der Waals surface area contributed by atoms with Gasteiger partial charge in [0.25, 0.3) is 0 Å². The predicted molar refractivity (Wildman–Crippen MR) is 96.8 cm³/mol. The highest BCUT2D eigenvalue weighted by Crippen LogP contribution is 2.30. The molecule has 3 rings (SSSR count). The van der Waals surface area contributed by atoms with Gasteiger partial charge in [0, 0.05) is 33.9 Å². The monoisotopic (exact) mass is 343 g/mol. The van der Waals surface area contributed by atoms with E-state index in [1.54, 1.807) is 13.4 Å². The molecule has 0 saturated carbocycles. The Morgan fingerprint density at radius 2 is 1.96 bits per heavy atom. The molecule has 3 aromatic rings. The van der Waals surface area contributed by atoms with Crippen molar-refractivity contribution < 1.29 is 13.4 Å². The third-order valence-corrected chi connectivity index (χ3v) is 4.98. The van der Waals surface area contributed by atoms with Crippen LogP contribution in [0.3, 0.4) is 0 Å². The normalized spacial score (nSPS) is 13.8. The van der Waals surface area contributed by atoms with Gasteiger partial charge in [0.15, 0.2) is 11.3 Å². The number of hydrogen-bond acceptors (Lipinski definition) is 4. The fourth-order valence-electron chi connectivity index (χ4n) is 2.60. The summed E-state index contributed by atoms with van der Waals surface area (Å²) in [6, 6.07) is 15.8. The van der Waals surface area contributed by atoms with E-state index in [0.717, 1.165) is 32.9 Å². The van der Waals surface area contributed by atoms with Crippen LogP contribution in [-0.4, -0.2) is 17.6 Å². The SMILES string of the molecule is COc1cccc2cc([C@@H](C)NCc3ccc([S@@](C)=O)cc3)oc12. The topological polar surface area (TPSA) is 51.5 Å². The molecule has 0 radical (unpaired) electrons. The van der Waals surface area contributed by atoms with E-state index in [2.05, 4.69) is 12.2 Å². The number of para-hydroxylation sites is 1. The summed E-state index contributed by atoms with van der Waals surface area (Å²) in [5.41, 5.74) is 1.92. The number of rotatable bonds is 6. The summed E-state index contributed by atoms with van der Waals surface area (Å²) >= 11 is 0. The molecule has 0 aliphatic rings. The van der Waals surface area contributed by atoms with Crippen LogP contribution >= 0.6 is 0 Å². The second-order valence-electron chi connectivity index (χ2n) is 5.73. The smallest absolute Gasteiger partial charge is 0.176 e. The quantitative estimate of drug-likeness (QED) is 0.734. The van der Waals surface area contributed by atoms with E-state index in [9.17, 15) is 4.21 Å². The molecule has 5 heteroatoms. The van der Waals surface area contributed by atoms with Gasteiger partial charge in [0.1, 0.15) is 5.76 Å². The Balaban J connectivity index is 1.70. The van der Waals surface area contributed by atoms with Gasteiger partial charge in [-0.05, 0) is 36.8 Å². The largest absolute Gasteiger partial charge is 0.493 e. The van der Waals surface area contributed by atoms with Crippen molar-refractivity contribution in [1.29, 1.82) is 0 Å². The lowest BCUT2D eigenvalue weighted by molar-refractivity contribution is 0.399. The van der Waals surface area contributed by atoms with E-state index in [4.69, 9.17) is 9.15 Å². The van der Waals surface area contributed by atoms with Crippen LogP contribution in [0.25, 0.3) is 11.0 Å². The van der Waals surface area contributed by atoms with Gasteiger partial charge in [-0.15, -0.1) is 0 Å². The van der Waals surface area contributed by atoms with Crippen LogP contribution in [0.15, 0.2) is 57.8 Å². The Labute approximate surface area is 144 Å². The van der Waals surface area contributed by atoms with Crippen LogP contribution in [0, 0.1) is 0 Å². The van der Waals surface area contributed by atoms with Crippen molar-refractivity contribution in [2.75, 3.05) is 13.4 Å². The zero-order chi connectivity index (χ0) is 17.1. The van der Waals surface area contributed by atoms with Gasteiger partial charge in [-0.25, -0.2) is 0 Å². The predicted octanol–water partition coefficient (Wildman–Crippen LogP) is 4.03. The third kappa shape index (κ3) is 3.52. The lowest BCUT2D eigenvalue weighted by Gasteiger charge is -2.11. The number of furan rings is 1. The summed E-state index contributed by atoms with van der Waals surface area (Å²) in [6.45, 7) is 2.78. The van der Waals surface area contributed by atoms with E-state index in [0.29, 0.717) is 6.54 Å². The molecule has 4 nitrogen and oxygen atoms in total. The fourth-order valence-corrected chi connectivity index (χ4v) is 3.12. The van der Waals surface area contributed by atoms with Gasteiger partial charge in [0.2, 0.25) is 0 Å². The molecule has 0 unspecified atom stereocenters. The molecule has 0 aliphatic carbocycles. The maximum Gasteiger partial charge on any atom is 0.176 e. The molecule has 126 valence electrons. The van der Waals surface area contributed by atoms with Crippen LogP contribution in [0.5, 0.6) is 5.75 Å². The van der Waals surface area contributed by atoms with Gasteiger partial charge in [-0.1, -0.05) is 24.3 Å². The Kier molecular flexibility index (Phi) is 5.02. The van der Waals surface area contributed by atoms with Gasteiger partial charge < -0.3 is 14.5 Å². The Morgan fingerprint density at radius 3 is 2.62 bits per heavy atom. The van der Waals surface area contributed by atoms with Crippen molar-refractivity contribution in [2.24, 2.45) is 0 Å². The second kappa shape index (κ2) is 7.20. The minimum atomic E-state index is -0.939. The number of benzene rings is 2. The molecule has 0 bridgehead atoms. The Hall–Kier alpha value is -2.11. The molecular formula is C19H21NO3S. The standard InChI is InChI=1S/C19H21NO3S/c1-13(20-12-14-7-9-16(10-8-14)24(3)21)18-11-15-5-4-6-17(22-2)19(15)23-18/h4-11,13,20H,12H2,1-3H3/t13-,24-/m1/s1. The molecule has 0 fully saturated rings. The average Bonchev–Trinajstić information content (AvgIpc) is 3.04. The first-order chi connectivity index (χ1) is 11.6. The van der Waals surface area contributed by atoms with Crippen LogP contribution in [0.2, 0.25) is 0 Å². The van der Waals surface area contributed by atoms with Crippen molar-refractivity contribution in [1.82, 2.24) is 5.32 Å². The van der Waals surface area contributed by atoms with Gasteiger partial charge in [-0.2, -0.15) is 0 Å². The van der Waals surface area contributed by atoms with E-state index < -0.39 is 10.8 Å². The first kappa shape index (κ1) is 16.7. The highest BCUT2D eigenvalue weighted by Gasteiger charge is 2.13. The summed E-state index contributed by atoms with van der Waals surface area (Å²) in [5, 5.41) is 4.49. The Morgan fingerprint density at radius 1 is 1.21 bits per heavy atom. The minimum Gasteiger partial charge on any atom is -0.493 e. The molecule has 0 saturated heterocycles. The number of nitrogens with one attached hydrogen (secondary N) is 1. The van der Waals surface area contributed by atoms with Gasteiger partial charge in [-0.3, -0.25) is 4.21 Å². The Bertz CT molecular complexity index is 855. The molecule has 0 spiro atoms. The average molecular weight is 343 g/mol. The summed E-state index contributed by atoms with van der Waals surface area (Å²) in [6.07, 6.45) is 1.69. The van der Waals surface area contributed by atoms with Crippen LogP contribution in [-0.2, 0) is 17.3 Å². The van der Waals surface area contributed by atoms with Crippen LogP contribution in [0.4, 0.5) is 0 Å². The summed E-state index contributed by atoms with van der Waals surface area (Å²) in [5.74, 6) is 1.62. The second-order valence-corrected chi connectivity index (χ2v) is 7.11. The molecule has 1 heterocycles. The fraction of sp³-hybridized carbons (Fsp3) is 0.263. The van der Waals surface area contributed by atoms with E-state index in [1.165, 1.54) is 0 Å². The molecule has 2 aromatic carbocycles. The number of hydrogen-bond donors (Lipinski definition) is 1. The molecule has 0 aliphatic heterocycles. The zero-order valence-corrected chi connectivity index (χ0v) is 14.9. The minimum absolute atomic E-state index is 0.0714. The highest BCUT2D eigenvalue weighted by atomic mass is 32.2. The molecule has 0 amide bonds. The summed E-state index contributed by atoms with van der Waals surface area (Å²) < 4.78 is 22.7. The summed E-state index contributed by atoms with van der Waals surface area (Å²) in [7, 11) is 0.705. The number of ether oxygens (including phenoxy) is 1. The van der Waals surface area contributed by atoms with Crippen molar-refractivity contribution >= 4 is 21.8 Å². The molecule has 24 heavy (non-hydrogen) atoms. The molecule has 2 atom stereocenters. The lowest BCUT2D eigenvalue weighted by Crippen LogP contribution is -2.17.